The third-order valence-corrected chi connectivity index (χ3v) is 3.71. The van der Waals surface area contributed by atoms with Crippen molar-refractivity contribution in [3.63, 3.8) is 0 Å². The highest BCUT2D eigenvalue weighted by Gasteiger charge is 2.28. The largest absolute Gasteiger partial charge is 0.496 e. The first kappa shape index (κ1) is 20.0. The number of methoxy groups -OCH3 is 1. The molecule has 0 aliphatic carbocycles. The molecular weight excluding hydrogens is 348 g/mol. The molecule has 0 spiro atoms. The Kier molecular flexibility index (Phi) is 6.93. The lowest BCUT2D eigenvalue weighted by molar-refractivity contribution is -0.129. The summed E-state index contributed by atoms with van der Waals surface area (Å²) in [7, 11) is 1.44. The molecule has 0 aliphatic rings. The number of hydrogen-bond donors (Lipinski definition) is 2. The highest BCUT2D eigenvalue weighted by Crippen LogP contribution is 2.25. The maximum absolute atomic E-state index is 12.7. The Bertz CT molecular complexity index is 820. The van der Waals surface area contributed by atoms with E-state index in [2.05, 4.69) is 10.6 Å². The number of carbonyl (C=O) groups excluding carboxylic acids is 3. The molecule has 7 heteroatoms. The number of esters is 1. The van der Waals surface area contributed by atoms with Gasteiger partial charge in [-0.15, -0.1) is 0 Å². The molecule has 0 bridgehead atoms. The van der Waals surface area contributed by atoms with Crippen LogP contribution in [0.2, 0.25) is 0 Å². The summed E-state index contributed by atoms with van der Waals surface area (Å²) in [6.45, 7) is 3.91. The normalized spacial score (nSPS) is 11.2. The highest BCUT2D eigenvalue weighted by atomic mass is 16.6. The van der Waals surface area contributed by atoms with Crippen molar-refractivity contribution in [3.8, 4) is 5.75 Å². The molecule has 1 atom stereocenters. The van der Waals surface area contributed by atoms with Gasteiger partial charge in [-0.25, -0.2) is 9.59 Å². The van der Waals surface area contributed by atoms with Gasteiger partial charge < -0.3 is 14.8 Å². The van der Waals surface area contributed by atoms with Gasteiger partial charge in [0.15, 0.2) is 0 Å². The van der Waals surface area contributed by atoms with Gasteiger partial charge in [0, 0.05) is 12.1 Å². The predicted molar refractivity (Wildman–Crippen MR) is 99.5 cm³/mol. The molecule has 3 amide bonds. The summed E-state index contributed by atoms with van der Waals surface area (Å²) in [5.41, 5.74) is 1.48. The summed E-state index contributed by atoms with van der Waals surface area (Å²) in [5, 5.41) is 4.64. The van der Waals surface area contributed by atoms with Gasteiger partial charge in [-0.1, -0.05) is 42.0 Å². The van der Waals surface area contributed by atoms with E-state index in [1.54, 1.807) is 55.5 Å². The van der Waals surface area contributed by atoms with Gasteiger partial charge in [-0.2, -0.15) is 0 Å². The Balaban J connectivity index is 2.29. The molecule has 0 aliphatic heterocycles. The van der Waals surface area contributed by atoms with E-state index in [1.165, 1.54) is 7.11 Å². The molecule has 0 radical (unpaired) electrons. The summed E-state index contributed by atoms with van der Waals surface area (Å²) in [5.74, 6) is -1.14. The highest BCUT2D eigenvalue weighted by molar-refractivity contribution is 5.99. The Hall–Kier alpha value is -3.35. The Morgan fingerprint density at radius 2 is 1.78 bits per heavy atom. The lowest BCUT2D eigenvalue weighted by atomic mass is 10.1. The van der Waals surface area contributed by atoms with E-state index in [1.807, 2.05) is 6.92 Å². The van der Waals surface area contributed by atoms with Crippen LogP contribution in [0, 0.1) is 6.92 Å². The minimum Gasteiger partial charge on any atom is -0.496 e. The summed E-state index contributed by atoms with van der Waals surface area (Å²) in [6, 6.07) is 12.9. The Labute approximate surface area is 157 Å². The van der Waals surface area contributed by atoms with Gasteiger partial charge in [0.25, 0.3) is 5.91 Å². The lowest BCUT2D eigenvalue weighted by Crippen LogP contribution is -2.42. The van der Waals surface area contributed by atoms with Gasteiger partial charge in [-0.05, 0) is 26.0 Å². The molecular formula is C20H22N2O5. The number of benzene rings is 2. The molecule has 0 saturated carbocycles. The van der Waals surface area contributed by atoms with Gasteiger partial charge in [0.05, 0.1) is 7.11 Å². The van der Waals surface area contributed by atoms with Gasteiger partial charge in [0.2, 0.25) is 6.10 Å². The standard InChI is InChI=1S/C20H22N2O5/c1-4-21-20(25)22-18(23)17(14-8-6-5-7-9-14)27-19(24)15-12-13(2)10-11-16(15)26-3/h5-12,17H,4H2,1-3H3,(H2,21,22,23,25)/t17-/m1/s1. The molecule has 2 N–H and O–H groups in total. The maximum Gasteiger partial charge on any atom is 0.343 e. The first-order valence-electron chi connectivity index (χ1n) is 8.45. The molecule has 2 rings (SSSR count). The Morgan fingerprint density at radius 3 is 2.41 bits per heavy atom. The van der Waals surface area contributed by atoms with Crippen molar-refractivity contribution < 1.29 is 23.9 Å². The average Bonchev–Trinajstić information content (AvgIpc) is 2.66. The van der Waals surface area contributed by atoms with E-state index < -0.39 is 24.0 Å². The topological polar surface area (TPSA) is 93.7 Å². The lowest BCUT2D eigenvalue weighted by Gasteiger charge is -2.18. The van der Waals surface area contributed by atoms with Gasteiger partial charge in [-0.3, -0.25) is 10.1 Å². The van der Waals surface area contributed by atoms with Crippen LogP contribution in [0.3, 0.4) is 0 Å². The first-order valence-corrected chi connectivity index (χ1v) is 8.45. The summed E-state index contributed by atoms with van der Waals surface area (Å²) >= 11 is 0. The van der Waals surface area contributed by atoms with Crippen LogP contribution in [0.1, 0.15) is 34.5 Å². The summed E-state index contributed by atoms with van der Waals surface area (Å²) < 4.78 is 10.7. The van der Waals surface area contributed by atoms with Crippen LogP contribution >= 0.6 is 0 Å². The number of amides is 3. The molecule has 0 aromatic heterocycles. The zero-order valence-corrected chi connectivity index (χ0v) is 15.4. The van der Waals surface area contributed by atoms with E-state index in [4.69, 9.17) is 9.47 Å². The number of ether oxygens (including phenoxy) is 2. The Morgan fingerprint density at radius 1 is 1.07 bits per heavy atom. The van der Waals surface area contributed by atoms with Crippen LogP contribution in [-0.4, -0.2) is 31.6 Å². The van der Waals surface area contributed by atoms with Crippen LogP contribution in [0.15, 0.2) is 48.5 Å². The number of imide groups is 1. The molecule has 27 heavy (non-hydrogen) atoms. The SMILES string of the molecule is CCNC(=O)NC(=O)[C@H](OC(=O)c1cc(C)ccc1OC)c1ccccc1. The fourth-order valence-corrected chi connectivity index (χ4v) is 2.43. The molecule has 142 valence electrons. The average molecular weight is 370 g/mol. The van der Waals surface area contributed by atoms with E-state index >= 15 is 0 Å². The third-order valence-electron chi connectivity index (χ3n) is 3.71. The second-order valence-corrected chi connectivity index (χ2v) is 5.75. The second-order valence-electron chi connectivity index (χ2n) is 5.75. The van der Waals surface area contributed by atoms with Crippen molar-refractivity contribution in [3.05, 3.63) is 65.2 Å². The van der Waals surface area contributed by atoms with Crippen LogP contribution in [0.25, 0.3) is 0 Å². The van der Waals surface area contributed by atoms with Crippen molar-refractivity contribution in [1.29, 1.82) is 0 Å². The fraction of sp³-hybridized carbons (Fsp3) is 0.250. The number of aryl methyl sites for hydroxylation is 1. The zero-order valence-electron chi connectivity index (χ0n) is 15.4. The van der Waals surface area contributed by atoms with E-state index in [0.717, 1.165) is 5.56 Å². The summed E-state index contributed by atoms with van der Waals surface area (Å²) in [4.78, 5) is 36.9. The van der Waals surface area contributed by atoms with Crippen molar-refractivity contribution in [2.75, 3.05) is 13.7 Å². The van der Waals surface area contributed by atoms with Crippen molar-refractivity contribution in [1.82, 2.24) is 10.6 Å². The smallest absolute Gasteiger partial charge is 0.343 e. The number of hydrogen-bond acceptors (Lipinski definition) is 5. The van der Waals surface area contributed by atoms with Crippen LogP contribution in [0.5, 0.6) is 5.75 Å². The second kappa shape index (κ2) is 9.38. The van der Waals surface area contributed by atoms with E-state index in [-0.39, 0.29) is 5.56 Å². The van der Waals surface area contributed by atoms with Crippen molar-refractivity contribution in [2.24, 2.45) is 0 Å². The number of rotatable bonds is 6. The number of carbonyl (C=O) groups is 3. The quantitative estimate of drug-likeness (QED) is 0.763. The van der Waals surface area contributed by atoms with Gasteiger partial charge in [0.1, 0.15) is 11.3 Å². The fourth-order valence-electron chi connectivity index (χ4n) is 2.43. The van der Waals surface area contributed by atoms with E-state index in [9.17, 15) is 14.4 Å². The predicted octanol–water partition coefficient (Wildman–Crippen LogP) is 2.75. The minimum absolute atomic E-state index is 0.198. The van der Waals surface area contributed by atoms with E-state index in [0.29, 0.717) is 17.9 Å². The number of urea groups is 1. The molecule has 0 heterocycles. The van der Waals surface area contributed by atoms with Crippen molar-refractivity contribution >= 4 is 17.9 Å². The maximum atomic E-state index is 12.7. The van der Waals surface area contributed by atoms with Crippen LogP contribution in [0.4, 0.5) is 4.79 Å². The molecule has 2 aromatic rings. The monoisotopic (exact) mass is 370 g/mol. The third kappa shape index (κ3) is 5.31. The molecule has 7 nitrogen and oxygen atoms in total. The summed E-state index contributed by atoms with van der Waals surface area (Å²) in [6.07, 6.45) is -1.29. The molecule has 0 unspecified atom stereocenters. The molecule has 0 saturated heterocycles. The van der Waals surface area contributed by atoms with Gasteiger partial charge >= 0.3 is 12.0 Å². The van der Waals surface area contributed by atoms with Crippen LogP contribution < -0.4 is 15.4 Å². The van der Waals surface area contributed by atoms with Crippen molar-refractivity contribution in [2.45, 2.75) is 20.0 Å². The van der Waals surface area contributed by atoms with Crippen LogP contribution in [-0.2, 0) is 9.53 Å². The number of nitrogens with one attached hydrogen (secondary N) is 2. The minimum atomic E-state index is -1.29. The molecule has 2 aromatic carbocycles. The first-order chi connectivity index (χ1) is 13.0. The molecule has 0 fully saturated rings. The zero-order chi connectivity index (χ0) is 19.8.